The first-order valence-electron chi connectivity index (χ1n) is 12.7. The molecule has 5 rings (SSSR count). The van der Waals surface area contributed by atoms with Crippen LogP contribution in [0.15, 0.2) is 48.7 Å². The zero-order valence-corrected chi connectivity index (χ0v) is 22.1. The van der Waals surface area contributed by atoms with Crippen LogP contribution < -0.4 is 30.5 Å². The normalized spacial score (nSPS) is 14.8. The van der Waals surface area contributed by atoms with Crippen molar-refractivity contribution in [2.24, 2.45) is 0 Å². The van der Waals surface area contributed by atoms with Crippen molar-refractivity contribution < 1.29 is 32.3 Å². The summed E-state index contributed by atoms with van der Waals surface area (Å²) in [6.07, 6.45) is -1.29. The van der Waals surface area contributed by atoms with E-state index in [-0.39, 0.29) is 53.8 Å². The van der Waals surface area contributed by atoms with Gasteiger partial charge >= 0.3 is 12.2 Å². The second-order valence-electron chi connectivity index (χ2n) is 9.54. The number of anilines is 4. The van der Waals surface area contributed by atoms with Gasteiger partial charge in [0.1, 0.15) is 18.1 Å². The number of carbonyl (C=O) groups excluding carboxylic acids is 3. The van der Waals surface area contributed by atoms with Crippen molar-refractivity contribution in [2.75, 3.05) is 41.1 Å². The predicted octanol–water partition coefficient (Wildman–Crippen LogP) is 4.02. The van der Waals surface area contributed by atoms with Gasteiger partial charge in [0.25, 0.3) is 5.91 Å². The van der Waals surface area contributed by atoms with Crippen LogP contribution >= 0.6 is 0 Å². The molecule has 0 unspecified atom stereocenters. The zero-order valence-electron chi connectivity index (χ0n) is 22.1. The Labute approximate surface area is 232 Å². The van der Waals surface area contributed by atoms with E-state index >= 15 is 0 Å². The summed E-state index contributed by atoms with van der Waals surface area (Å²) in [5.41, 5.74) is -0.0916. The molecule has 4 amide bonds. The molecule has 1 saturated carbocycles. The van der Waals surface area contributed by atoms with Crippen LogP contribution in [0.5, 0.6) is 5.75 Å². The van der Waals surface area contributed by atoms with Gasteiger partial charge in [0, 0.05) is 48.2 Å². The van der Waals surface area contributed by atoms with Gasteiger partial charge in [-0.15, -0.1) is 0 Å². The molecule has 14 heteroatoms. The molecule has 2 aromatic carbocycles. The van der Waals surface area contributed by atoms with Crippen LogP contribution in [0.4, 0.5) is 41.1 Å². The Kier molecular flexibility index (Phi) is 7.39. The Hall–Kier alpha value is -4.88. The Morgan fingerprint density at radius 2 is 1.93 bits per heavy atom. The molecule has 2 heterocycles. The number of urea groups is 1. The van der Waals surface area contributed by atoms with Crippen molar-refractivity contribution >= 4 is 41.0 Å². The van der Waals surface area contributed by atoms with Gasteiger partial charge in [0.2, 0.25) is 11.9 Å². The molecular formula is C27H26F3N7O4. The molecule has 0 atom stereocenters. The molecule has 3 N–H and O–H groups in total. The summed E-state index contributed by atoms with van der Waals surface area (Å²) in [5, 5.41) is 8.27. The zero-order chi connectivity index (χ0) is 29.3. The van der Waals surface area contributed by atoms with E-state index in [1.165, 1.54) is 35.1 Å². The summed E-state index contributed by atoms with van der Waals surface area (Å²) in [7, 11) is 3.03. The van der Waals surface area contributed by atoms with Crippen molar-refractivity contribution in [3.05, 3.63) is 65.4 Å². The number of amides is 4. The molecule has 2 aliphatic rings. The van der Waals surface area contributed by atoms with Crippen LogP contribution in [-0.4, -0.2) is 54.6 Å². The molecule has 0 saturated heterocycles. The van der Waals surface area contributed by atoms with Crippen molar-refractivity contribution in [3.63, 3.8) is 0 Å². The van der Waals surface area contributed by atoms with Gasteiger partial charge in [-0.1, -0.05) is 6.07 Å². The second-order valence-corrected chi connectivity index (χ2v) is 9.54. The minimum absolute atomic E-state index is 0.0487. The van der Waals surface area contributed by atoms with Crippen LogP contribution in [0.2, 0.25) is 0 Å². The number of halogens is 3. The highest BCUT2D eigenvalue weighted by Crippen LogP contribution is 2.35. The summed E-state index contributed by atoms with van der Waals surface area (Å²) < 4.78 is 44.8. The molecule has 1 fully saturated rings. The monoisotopic (exact) mass is 569 g/mol. The number of methoxy groups -OCH3 is 1. The highest BCUT2D eigenvalue weighted by atomic mass is 19.4. The number of carbonyl (C=O) groups is 3. The van der Waals surface area contributed by atoms with E-state index in [1.807, 2.05) is 0 Å². The van der Waals surface area contributed by atoms with Crippen LogP contribution in [0.25, 0.3) is 0 Å². The number of hydrogen-bond acceptors (Lipinski definition) is 7. The van der Waals surface area contributed by atoms with Crippen molar-refractivity contribution in [1.82, 2.24) is 15.3 Å². The number of alkyl halides is 3. The molecule has 1 aromatic heterocycles. The number of nitrogens with one attached hydrogen (secondary N) is 3. The lowest BCUT2D eigenvalue weighted by atomic mass is 10.1. The minimum atomic E-state index is -4.61. The molecule has 0 bridgehead atoms. The van der Waals surface area contributed by atoms with Crippen molar-refractivity contribution in [2.45, 2.75) is 31.6 Å². The standard InChI is InChI=1S/C27H26F3N7O4/c1-31-25-32-12-16-13-36(26(40)37(23(16)35-25)14-22(38)33-18-6-7-18)20-9-19(10-21(11-20)41-2)34-24(39)15-4-3-5-17(8-15)27(28,29)30/h3-5,8-12,18H,6-7,13-14H2,1-2H3,(H,33,38)(H,34,39)(H,31,32,35). The lowest BCUT2D eigenvalue weighted by molar-refractivity contribution is -0.137. The maximum atomic E-state index is 13.8. The van der Waals surface area contributed by atoms with Crippen LogP contribution in [0, 0.1) is 0 Å². The second kappa shape index (κ2) is 10.9. The summed E-state index contributed by atoms with van der Waals surface area (Å²) in [5.74, 6) is -0.272. The fourth-order valence-electron chi connectivity index (χ4n) is 4.30. The van der Waals surface area contributed by atoms with E-state index in [0.29, 0.717) is 11.3 Å². The summed E-state index contributed by atoms with van der Waals surface area (Å²) in [4.78, 5) is 50.6. The van der Waals surface area contributed by atoms with Gasteiger partial charge in [-0.05, 0) is 37.1 Å². The fourth-order valence-corrected chi connectivity index (χ4v) is 4.30. The summed E-state index contributed by atoms with van der Waals surface area (Å²) in [6.45, 7) is -0.227. The summed E-state index contributed by atoms with van der Waals surface area (Å²) in [6, 6.07) is 8.11. The first kappa shape index (κ1) is 27.7. The Morgan fingerprint density at radius 1 is 1.15 bits per heavy atom. The number of rotatable bonds is 8. The van der Waals surface area contributed by atoms with Crippen molar-refractivity contribution in [3.8, 4) is 5.75 Å². The summed E-state index contributed by atoms with van der Waals surface area (Å²) >= 11 is 0. The average molecular weight is 570 g/mol. The van der Waals surface area contributed by atoms with Gasteiger partial charge in [-0.2, -0.15) is 18.2 Å². The quantitative estimate of drug-likeness (QED) is 0.374. The van der Waals surface area contributed by atoms with E-state index in [9.17, 15) is 27.6 Å². The molecule has 0 spiro atoms. The van der Waals surface area contributed by atoms with Gasteiger partial charge in [0.05, 0.1) is 24.9 Å². The van der Waals surface area contributed by atoms with E-state index in [0.717, 1.165) is 31.0 Å². The lowest BCUT2D eigenvalue weighted by Crippen LogP contribution is -2.51. The third kappa shape index (κ3) is 6.15. The minimum Gasteiger partial charge on any atom is -0.497 e. The van der Waals surface area contributed by atoms with Gasteiger partial charge in [-0.3, -0.25) is 19.4 Å². The van der Waals surface area contributed by atoms with E-state index in [1.54, 1.807) is 19.3 Å². The van der Waals surface area contributed by atoms with Gasteiger partial charge in [0.15, 0.2) is 0 Å². The number of fused-ring (bicyclic) bond motifs is 1. The van der Waals surface area contributed by atoms with Crippen molar-refractivity contribution in [1.29, 1.82) is 0 Å². The Morgan fingerprint density at radius 3 is 2.61 bits per heavy atom. The molecule has 3 aromatic rings. The van der Waals surface area contributed by atoms with Crippen LogP contribution in [-0.2, 0) is 17.5 Å². The number of nitrogens with zero attached hydrogens (tertiary/aromatic N) is 4. The number of benzene rings is 2. The highest BCUT2D eigenvalue weighted by Gasteiger charge is 2.36. The third-order valence-electron chi connectivity index (χ3n) is 6.50. The van der Waals surface area contributed by atoms with Gasteiger partial charge in [-0.25, -0.2) is 9.78 Å². The fraction of sp³-hybridized carbons (Fsp3) is 0.296. The highest BCUT2D eigenvalue weighted by molar-refractivity contribution is 6.09. The maximum absolute atomic E-state index is 13.8. The van der Waals surface area contributed by atoms with E-state index in [2.05, 4.69) is 25.9 Å². The smallest absolute Gasteiger partial charge is 0.416 e. The lowest BCUT2D eigenvalue weighted by Gasteiger charge is -2.36. The number of hydrogen-bond donors (Lipinski definition) is 3. The predicted molar refractivity (Wildman–Crippen MR) is 144 cm³/mol. The number of aromatic nitrogens is 2. The average Bonchev–Trinajstić information content (AvgIpc) is 3.77. The largest absolute Gasteiger partial charge is 0.497 e. The first-order chi connectivity index (χ1) is 19.5. The van der Waals surface area contributed by atoms with Crippen LogP contribution in [0.1, 0.15) is 34.3 Å². The topological polar surface area (TPSA) is 129 Å². The molecule has 11 nitrogen and oxygen atoms in total. The Balaban J connectivity index is 1.45. The molecule has 1 aliphatic carbocycles. The van der Waals surface area contributed by atoms with E-state index in [4.69, 9.17) is 4.74 Å². The van der Waals surface area contributed by atoms with E-state index < -0.39 is 23.7 Å². The number of ether oxygens (including phenoxy) is 1. The molecule has 41 heavy (non-hydrogen) atoms. The first-order valence-corrected chi connectivity index (χ1v) is 12.7. The molecule has 1 aliphatic heterocycles. The molecular weight excluding hydrogens is 543 g/mol. The maximum Gasteiger partial charge on any atom is 0.416 e. The third-order valence-corrected chi connectivity index (χ3v) is 6.50. The van der Waals surface area contributed by atoms with Gasteiger partial charge < -0.3 is 20.7 Å². The van der Waals surface area contributed by atoms with Crippen LogP contribution in [0.3, 0.4) is 0 Å². The molecule has 214 valence electrons. The Bertz CT molecular complexity index is 1510. The SMILES string of the molecule is CNc1ncc2c(n1)N(CC(=O)NC1CC1)C(=O)N(c1cc(NC(=O)c3cccc(C(F)(F)F)c3)cc(OC)c1)C2. The molecule has 0 radical (unpaired) electrons.